The van der Waals surface area contributed by atoms with Gasteiger partial charge in [0, 0.05) is 45.7 Å². The maximum Gasteiger partial charge on any atom is 0.335 e. The molecule has 3 N–H and O–H groups in total. The van der Waals surface area contributed by atoms with E-state index in [1.54, 1.807) is 30.5 Å². The number of halogens is 1. The van der Waals surface area contributed by atoms with Crippen LogP contribution in [0.3, 0.4) is 0 Å². The number of aromatic carboxylic acids is 1. The van der Waals surface area contributed by atoms with Crippen LogP contribution in [0, 0.1) is 5.82 Å². The summed E-state index contributed by atoms with van der Waals surface area (Å²) in [5.74, 6) is -1.06. The molecule has 0 unspecified atom stereocenters. The van der Waals surface area contributed by atoms with Crippen molar-refractivity contribution >= 4 is 40.1 Å². The second-order valence-corrected chi connectivity index (χ2v) is 9.29. The van der Waals surface area contributed by atoms with Gasteiger partial charge in [-0.1, -0.05) is 24.3 Å². The molecule has 0 atom stereocenters. The van der Waals surface area contributed by atoms with Crippen molar-refractivity contribution in [3.8, 4) is 16.9 Å². The average Bonchev–Trinajstić information content (AvgIpc) is 2.93. The summed E-state index contributed by atoms with van der Waals surface area (Å²) in [7, 11) is 0. The monoisotopic (exact) mass is 536 g/mol. The number of ether oxygens (including phenoxy) is 1. The molecule has 1 amide bonds. The van der Waals surface area contributed by atoms with Gasteiger partial charge < -0.3 is 20.5 Å². The van der Waals surface area contributed by atoms with Gasteiger partial charge in [0.15, 0.2) is 0 Å². The van der Waals surface area contributed by atoms with E-state index < -0.39 is 5.97 Å². The third-order valence-corrected chi connectivity index (χ3v) is 5.98. The van der Waals surface area contributed by atoms with E-state index in [4.69, 9.17) is 14.8 Å². The van der Waals surface area contributed by atoms with E-state index in [9.17, 15) is 14.0 Å². The molecule has 0 aliphatic rings. The van der Waals surface area contributed by atoms with E-state index >= 15 is 0 Å². The van der Waals surface area contributed by atoms with E-state index in [2.05, 4.69) is 15.6 Å². The molecular formula is C31H25FN4O4. The molecule has 0 spiro atoms. The number of amides is 1. The molecule has 40 heavy (non-hydrogen) atoms. The summed E-state index contributed by atoms with van der Waals surface area (Å²) in [4.78, 5) is 32.9. The number of benzene rings is 4. The first-order valence-electron chi connectivity index (χ1n) is 12.5. The second-order valence-electron chi connectivity index (χ2n) is 9.29. The Labute approximate surface area is 229 Å². The van der Waals surface area contributed by atoms with Crippen LogP contribution >= 0.6 is 0 Å². The molecule has 0 radical (unpaired) electrons. The molecule has 0 aliphatic heterocycles. The van der Waals surface area contributed by atoms with Crippen LogP contribution in [0.25, 0.3) is 22.0 Å². The number of hydrogen-bond acceptors (Lipinski definition) is 6. The maximum atomic E-state index is 14.0. The van der Waals surface area contributed by atoms with Crippen LogP contribution in [0.2, 0.25) is 0 Å². The molecular weight excluding hydrogens is 511 g/mol. The van der Waals surface area contributed by atoms with Gasteiger partial charge in [-0.05, 0) is 68.4 Å². The van der Waals surface area contributed by atoms with Crippen LogP contribution in [0.5, 0.6) is 5.75 Å². The molecule has 4 aromatic carbocycles. The van der Waals surface area contributed by atoms with Crippen molar-refractivity contribution in [1.29, 1.82) is 0 Å². The highest BCUT2D eigenvalue weighted by Crippen LogP contribution is 2.35. The Kier molecular flexibility index (Phi) is 7.37. The van der Waals surface area contributed by atoms with Gasteiger partial charge in [0.25, 0.3) is 5.91 Å². The lowest BCUT2D eigenvalue weighted by atomic mass is 10.0. The summed E-state index contributed by atoms with van der Waals surface area (Å²) < 4.78 is 19.9. The van der Waals surface area contributed by atoms with Crippen LogP contribution in [0.1, 0.15) is 34.6 Å². The minimum atomic E-state index is -1.06. The number of hydrogen-bond donors (Lipinski definition) is 3. The van der Waals surface area contributed by atoms with Crippen LogP contribution in [-0.2, 0) is 0 Å². The van der Waals surface area contributed by atoms with Gasteiger partial charge in [0.05, 0.1) is 17.2 Å². The number of para-hydroxylation sites is 1. The van der Waals surface area contributed by atoms with Gasteiger partial charge in [0.2, 0.25) is 5.95 Å². The highest BCUT2D eigenvalue weighted by Gasteiger charge is 2.15. The number of carbonyl (C=O) groups is 2. The molecule has 1 aromatic heterocycles. The van der Waals surface area contributed by atoms with E-state index in [1.165, 1.54) is 36.4 Å². The Morgan fingerprint density at radius 2 is 1.60 bits per heavy atom. The fourth-order valence-corrected chi connectivity index (χ4v) is 4.17. The summed E-state index contributed by atoms with van der Waals surface area (Å²) in [6, 6.07) is 22.9. The van der Waals surface area contributed by atoms with E-state index in [0.29, 0.717) is 39.7 Å². The van der Waals surface area contributed by atoms with Crippen molar-refractivity contribution in [2.24, 2.45) is 0 Å². The smallest absolute Gasteiger partial charge is 0.335 e. The molecule has 8 nitrogen and oxygen atoms in total. The maximum absolute atomic E-state index is 14.0. The molecule has 0 fully saturated rings. The number of rotatable bonds is 8. The Bertz CT molecular complexity index is 1720. The molecule has 1 heterocycles. The molecule has 0 saturated carbocycles. The highest BCUT2D eigenvalue weighted by atomic mass is 19.1. The molecule has 9 heteroatoms. The molecule has 5 aromatic rings. The zero-order valence-electron chi connectivity index (χ0n) is 21.7. The number of carboxylic acid groups (broad SMARTS) is 1. The van der Waals surface area contributed by atoms with Crippen molar-refractivity contribution in [1.82, 2.24) is 9.97 Å². The van der Waals surface area contributed by atoms with Gasteiger partial charge in [-0.25, -0.2) is 19.2 Å². The van der Waals surface area contributed by atoms with E-state index in [1.807, 2.05) is 38.1 Å². The minimum Gasteiger partial charge on any atom is -0.490 e. The van der Waals surface area contributed by atoms with Gasteiger partial charge in [-0.15, -0.1) is 0 Å². The number of fused-ring (bicyclic) bond motifs is 1. The first kappa shape index (κ1) is 26.3. The largest absolute Gasteiger partial charge is 0.490 e. The number of carboxylic acids is 1. The molecule has 0 saturated heterocycles. The van der Waals surface area contributed by atoms with Gasteiger partial charge in [0.1, 0.15) is 11.6 Å². The van der Waals surface area contributed by atoms with Gasteiger partial charge in [-0.2, -0.15) is 0 Å². The quantitative estimate of drug-likeness (QED) is 0.197. The lowest BCUT2D eigenvalue weighted by Gasteiger charge is -2.16. The Hall–Kier alpha value is -5.31. The zero-order valence-corrected chi connectivity index (χ0v) is 21.7. The van der Waals surface area contributed by atoms with Crippen molar-refractivity contribution in [3.05, 3.63) is 108 Å². The Morgan fingerprint density at radius 3 is 2.35 bits per heavy atom. The van der Waals surface area contributed by atoms with E-state index in [-0.39, 0.29) is 23.4 Å². The number of nitrogens with zero attached hydrogens (tertiary/aromatic N) is 2. The van der Waals surface area contributed by atoms with Crippen molar-refractivity contribution < 1.29 is 23.8 Å². The SMILES string of the molecule is CC(C)Oc1cc(F)ccc1-c1cccc2cnc(Nc3cccc(NC(=O)c4ccc(C(=O)O)cc4)c3)nc12. The standard InChI is InChI=1S/C31H25FN4O4/c1-18(2)40-27-15-22(32)13-14-25(27)26-8-3-5-21-17-33-31(36-28(21)26)35-24-7-4-6-23(16-24)34-29(37)19-9-11-20(12-10-19)30(38)39/h3-18H,1-2H3,(H,34,37)(H,38,39)(H,33,35,36). The number of nitrogens with one attached hydrogen (secondary N) is 2. The zero-order chi connectivity index (χ0) is 28.2. The predicted molar refractivity (Wildman–Crippen MR) is 152 cm³/mol. The summed E-state index contributed by atoms with van der Waals surface area (Å²) in [6.45, 7) is 3.77. The first-order valence-corrected chi connectivity index (χ1v) is 12.5. The van der Waals surface area contributed by atoms with Crippen molar-refractivity contribution in [2.45, 2.75) is 20.0 Å². The molecule has 0 bridgehead atoms. The summed E-state index contributed by atoms with van der Waals surface area (Å²) in [5.41, 5.74) is 3.75. The molecule has 0 aliphatic carbocycles. The van der Waals surface area contributed by atoms with Crippen LogP contribution in [-0.4, -0.2) is 33.1 Å². The summed E-state index contributed by atoms with van der Waals surface area (Å²) in [5, 5.41) is 15.8. The fourth-order valence-electron chi connectivity index (χ4n) is 4.17. The van der Waals surface area contributed by atoms with Gasteiger partial charge >= 0.3 is 5.97 Å². The lowest BCUT2D eigenvalue weighted by molar-refractivity contribution is 0.0696. The van der Waals surface area contributed by atoms with Crippen LogP contribution in [0.15, 0.2) is 91.1 Å². The normalized spacial score (nSPS) is 10.9. The lowest BCUT2D eigenvalue weighted by Crippen LogP contribution is -2.12. The fraction of sp³-hybridized carbons (Fsp3) is 0.0968. The second kappa shape index (κ2) is 11.2. The Balaban J connectivity index is 1.41. The third kappa shape index (κ3) is 5.88. The first-order chi connectivity index (χ1) is 19.3. The third-order valence-electron chi connectivity index (χ3n) is 5.98. The number of carbonyl (C=O) groups excluding carboxylic acids is 1. The van der Waals surface area contributed by atoms with Crippen molar-refractivity contribution in [2.75, 3.05) is 10.6 Å². The average molecular weight is 537 g/mol. The summed E-state index contributed by atoms with van der Waals surface area (Å²) in [6.07, 6.45) is 1.56. The summed E-state index contributed by atoms with van der Waals surface area (Å²) >= 11 is 0. The molecule has 200 valence electrons. The van der Waals surface area contributed by atoms with Gasteiger partial charge in [-0.3, -0.25) is 4.79 Å². The molecule has 5 rings (SSSR count). The predicted octanol–water partition coefficient (Wildman–Crippen LogP) is 6.92. The Morgan fingerprint density at radius 1 is 0.875 bits per heavy atom. The minimum absolute atomic E-state index is 0.101. The van der Waals surface area contributed by atoms with Crippen LogP contribution in [0.4, 0.5) is 21.7 Å². The topological polar surface area (TPSA) is 113 Å². The number of anilines is 3. The van der Waals surface area contributed by atoms with Crippen LogP contribution < -0.4 is 15.4 Å². The number of aromatic nitrogens is 2. The van der Waals surface area contributed by atoms with Crippen molar-refractivity contribution in [3.63, 3.8) is 0 Å². The highest BCUT2D eigenvalue weighted by molar-refractivity contribution is 6.05. The van der Waals surface area contributed by atoms with E-state index in [0.717, 1.165) is 10.9 Å².